The zero-order valence-electron chi connectivity index (χ0n) is 12.8. The summed E-state index contributed by atoms with van der Waals surface area (Å²) < 4.78 is 5.25. The first-order valence-corrected chi connectivity index (χ1v) is 8.27. The van der Waals surface area contributed by atoms with Crippen LogP contribution in [0.25, 0.3) is 0 Å². The van der Waals surface area contributed by atoms with Crippen molar-refractivity contribution in [2.45, 2.75) is 38.1 Å². The number of hydrogen-bond acceptors (Lipinski definition) is 5. The van der Waals surface area contributed by atoms with Crippen LogP contribution in [0.5, 0.6) is 5.88 Å². The van der Waals surface area contributed by atoms with Crippen molar-refractivity contribution in [3.05, 3.63) is 40.0 Å². The molecule has 0 aliphatic heterocycles. The summed E-state index contributed by atoms with van der Waals surface area (Å²) in [5.74, 6) is 0.214. The minimum Gasteiger partial charge on any atom is -0.480 e. The van der Waals surface area contributed by atoms with Gasteiger partial charge in [0.2, 0.25) is 5.88 Å². The number of methoxy groups -OCH3 is 1. The van der Waals surface area contributed by atoms with Gasteiger partial charge >= 0.3 is 0 Å². The van der Waals surface area contributed by atoms with E-state index in [1.807, 2.05) is 18.4 Å². The molecule has 1 N–H and O–H groups in total. The van der Waals surface area contributed by atoms with Crippen molar-refractivity contribution in [1.82, 2.24) is 15.3 Å². The van der Waals surface area contributed by atoms with Crippen LogP contribution in [0.2, 0.25) is 0 Å². The Morgan fingerprint density at radius 2 is 2.14 bits per heavy atom. The predicted octanol–water partition coefficient (Wildman–Crippen LogP) is 3.05. The van der Waals surface area contributed by atoms with E-state index in [9.17, 15) is 4.79 Å². The molecule has 6 heteroatoms. The molecule has 0 bridgehead atoms. The highest BCUT2D eigenvalue weighted by molar-refractivity contribution is 7.09. The smallest absolute Gasteiger partial charge is 0.257 e. The molecule has 2 aromatic rings. The number of pyridine rings is 1. The van der Waals surface area contributed by atoms with Crippen molar-refractivity contribution in [3.8, 4) is 5.88 Å². The number of carbonyl (C=O) groups excluding carboxylic acids is 1. The van der Waals surface area contributed by atoms with Crippen LogP contribution < -0.4 is 10.1 Å². The molecule has 1 aliphatic rings. The van der Waals surface area contributed by atoms with E-state index in [4.69, 9.17) is 4.74 Å². The van der Waals surface area contributed by atoms with E-state index in [0.717, 1.165) is 36.4 Å². The molecule has 1 fully saturated rings. The van der Waals surface area contributed by atoms with Crippen LogP contribution in [0.1, 0.15) is 46.7 Å². The average molecular weight is 317 g/mol. The third kappa shape index (κ3) is 2.70. The Labute approximate surface area is 133 Å². The van der Waals surface area contributed by atoms with Gasteiger partial charge in [-0.2, -0.15) is 0 Å². The molecule has 0 saturated heterocycles. The van der Waals surface area contributed by atoms with E-state index < -0.39 is 0 Å². The second-order valence-electron chi connectivity index (χ2n) is 5.59. The Kier molecular flexibility index (Phi) is 4.11. The average Bonchev–Trinajstić information content (AvgIpc) is 3.18. The molecular formula is C16H19N3O2S. The molecule has 5 nitrogen and oxygen atoms in total. The van der Waals surface area contributed by atoms with Gasteiger partial charge in [-0.1, -0.05) is 12.8 Å². The van der Waals surface area contributed by atoms with E-state index in [2.05, 4.69) is 15.3 Å². The lowest BCUT2D eigenvalue weighted by molar-refractivity contribution is 0.0894. The first-order chi connectivity index (χ1) is 10.6. The summed E-state index contributed by atoms with van der Waals surface area (Å²) in [5.41, 5.74) is 0.945. The molecule has 2 aromatic heterocycles. The zero-order valence-corrected chi connectivity index (χ0v) is 13.6. The minimum atomic E-state index is -0.346. The van der Waals surface area contributed by atoms with Crippen molar-refractivity contribution >= 4 is 17.2 Å². The Morgan fingerprint density at radius 3 is 2.77 bits per heavy atom. The van der Waals surface area contributed by atoms with Crippen molar-refractivity contribution in [3.63, 3.8) is 0 Å². The monoisotopic (exact) mass is 317 g/mol. The van der Waals surface area contributed by atoms with E-state index in [-0.39, 0.29) is 11.4 Å². The number of rotatable bonds is 4. The van der Waals surface area contributed by atoms with Gasteiger partial charge in [0, 0.05) is 17.3 Å². The lowest BCUT2D eigenvalue weighted by Gasteiger charge is -2.28. The molecule has 22 heavy (non-hydrogen) atoms. The van der Waals surface area contributed by atoms with Crippen LogP contribution >= 0.6 is 11.3 Å². The topological polar surface area (TPSA) is 64.1 Å². The Hall–Kier alpha value is -1.95. The fraction of sp³-hybridized carbons (Fsp3) is 0.438. The van der Waals surface area contributed by atoms with Gasteiger partial charge in [-0.3, -0.25) is 4.79 Å². The summed E-state index contributed by atoms with van der Waals surface area (Å²) in [4.78, 5) is 21.4. The maximum absolute atomic E-state index is 12.7. The molecule has 0 unspecified atom stereocenters. The number of hydrogen-bond donors (Lipinski definition) is 1. The molecule has 3 rings (SSSR count). The molecule has 2 heterocycles. The number of ether oxygens (including phenoxy) is 1. The molecule has 0 aromatic carbocycles. The van der Waals surface area contributed by atoms with Crippen molar-refractivity contribution in [1.29, 1.82) is 0 Å². The summed E-state index contributed by atoms with van der Waals surface area (Å²) in [6.07, 6.45) is 5.84. The molecule has 0 atom stereocenters. The summed E-state index contributed by atoms with van der Waals surface area (Å²) >= 11 is 1.60. The van der Waals surface area contributed by atoms with Crippen molar-refractivity contribution in [2.75, 3.05) is 7.11 Å². The number of aromatic nitrogens is 2. The minimum absolute atomic E-state index is 0.151. The number of nitrogens with one attached hydrogen (secondary N) is 1. The Morgan fingerprint density at radius 1 is 1.36 bits per heavy atom. The molecule has 1 saturated carbocycles. The van der Waals surface area contributed by atoms with Gasteiger partial charge in [-0.25, -0.2) is 9.97 Å². The molecular weight excluding hydrogens is 298 g/mol. The van der Waals surface area contributed by atoms with Gasteiger partial charge in [0.15, 0.2) is 0 Å². The second-order valence-corrected chi connectivity index (χ2v) is 6.48. The van der Waals surface area contributed by atoms with Crippen LogP contribution in [0.15, 0.2) is 23.7 Å². The van der Waals surface area contributed by atoms with Gasteiger partial charge in [0.05, 0.1) is 12.6 Å². The fourth-order valence-electron chi connectivity index (χ4n) is 2.98. The van der Waals surface area contributed by atoms with Gasteiger partial charge in [-0.05, 0) is 31.9 Å². The fourth-order valence-corrected chi connectivity index (χ4v) is 3.83. The summed E-state index contributed by atoms with van der Waals surface area (Å²) in [6, 6.07) is 3.59. The number of nitrogens with zero attached hydrogens (tertiary/aromatic N) is 2. The Bertz CT molecular complexity index is 664. The molecule has 0 radical (unpaired) electrons. The highest BCUT2D eigenvalue weighted by Gasteiger charge is 2.39. The zero-order chi connectivity index (χ0) is 15.6. The third-order valence-corrected chi connectivity index (χ3v) is 5.07. The van der Waals surface area contributed by atoms with Crippen LogP contribution in [-0.2, 0) is 5.54 Å². The maximum atomic E-state index is 12.7. The lowest BCUT2D eigenvalue weighted by atomic mass is 9.98. The van der Waals surface area contributed by atoms with E-state index in [1.165, 1.54) is 7.11 Å². The van der Waals surface area contributed by atoms with Crippen LogP contribution in [0.3, 0.4) is 0 Å². The number of aryl methyl sites for hydroxylation is 1. The molecule has 116 valence electrons. The number of thiazole rings is 1. The van der Waals surface area contributed by atoms with Gasteiger partial charge in [-0.15, -0.1) is 11.3 Å². The highest BCUT2D eigenvalue weighted by Crippen LogP contribution is 2.40. The van der Waals surface area contributed by atoms with Crippen molar-refractivity contribution in [2.24, 2.45) is 0 Å². The van der Waals surface area contributed by atoms with Crippen LogP contribution in [0, 0.1) is 6.92 Å². The SMILES string of the molecule is COc1nc(C)ccc1C(=O)NC1(c2nccs2)CCCC1. The second kappa shape index (κ2) is 6.04. The molecule has 1 aliphatic carbocycles. The van der Waals surface area contributed by atoms with Crippen LogP contribution in [0.4, 0.5) is 0 Å². The lowest BCUT2D eigenvalue weighted by Crippen LogP contribution is -2.43. The summed E-state index contributed by atoms with van der Waals surface area (Å²) in [7, 11) is 1.53. The van der Waals surface area contributed by atoms with Crippen LogP contribution in [-0.4, -0.2) is 23.0 Å². The first-order valence-electron chi connectivity index (χ1n) is 7.39. The standard InChI is InChI=1S/C16H19N3O2S/c1-11-5-6-12(14(18-11)21-2)13(20)19-16(7-3-4-8-16)15-17-9-10-22-15/h5-6,9-10H,3-4,7-8H2,1-2H3,(H,19,20). The first kappa shape index (κ1) is 15.0. The third-order valence-electron chi connectivity index (χ3n) is 4.09. The summed E-state index contributed by atoms with van der Waals surface area (Å²) in [6.45, 7) is 1.87. The van der Waals surface area contributed by atoms with Gasteiger partial charge in [0.1, 0.15) is 10.6 Å². The predicted molar refractivity (Wildman–Crippen MR) is 85.3 cm³/mol. The molecule has 0 spiro atoms. The highest BCUT2D eigenvalue weighted by atomic mass is 32.1. The quantitative estimate of drug-likeness (QED) is 0.941. The summed E-state index contributed by atoms with van der Waals surface area (Å²) in [5, 5.41) is 6.13. The van der Waals surface area contributed by atoms with E-state index in [1.54, 1.807) is 23.6 Å². The molecule has 1 amide bonds. The number of amides is 1. The normalized spacial score (nSPS) is 16.5. The van der Waals surface area contributed by atoms with Gasteiger partial charge in [0.25, 0.3) is 5.91 Å². The van der Waals surface area contributed by atoms with E-state index >= 15 is 0 Å². The number of carbonyl (C=O) groups is 1. The van der Waals surface area contributed by atoms with E-state index in [0.29, 0.717) is 11.4 Å². The van der Waals surface area contributed by atoms with Crippen molar-refractivity contribution < 1.29 is 9.53 Å². The van der Waals surface area contributed by atoms with Gasteiger partial charge < -0.3 is 10.1 Å². The largest absolute Gasteiger partial charge is 0.480 e. The maximum Gasteiger partial charge on any atom is 0.257 e. The Balaban J connectivity index is 1.89.